The number of ether oxygens (including phenoxy) is 1. The summed E-state index contributed by atoms with van der Waals surface area (Å²) < 4.78 is 4.96. The fraction of sp³-hybridized carbons (Fsp3) is 0.455. The van der Waals surface area contributed by atoms with Crippen molar-refractivity contribution in [2.45, 2.75) is 38.5 Å². The Balaban J connectivity index is 0.000000287. The Morgan fingerprint density at radius 3 is 2.37 bits per heavy atom. The third-order valence-electron chi connectivity index (χ3n) is 4.58. The summed E-state index contributed by atoms with van der Waals surface area (Å²) in [4.78, 5) is 30.5. The number of amidine groups is 1. The molecule has 0 aliphatic carbocycles. The molecule has 8 heteroatoms. The first-order valence-electron chi connectivity index (χ1n) is 9.94. The molecule has 3 rings (SSSR count). The number of para-hydroxylation sites is 1. The number of hydrogen-bond acceptors (Lipinski definition) is 5. The topological polar surface area (TPSA) is 112 Å². The number of nitriles is 1. The van der Waals surface area contributed by atoms with Crippen molar-refractivity contribution < 1.29 is 14.3 Å². The van der Waals surface area contributed by atoms with E-state index < -0.39 is 0 Å². The summed E-state index contributed by atoms with van der Waals surface area (Å²) in [5, 5.41) is 8.12. The van der Waals surface area contributed by atoms with E-state index in [-0.39, 0.29) is 17.8 Å². The van der Waals surface area contributed by atoms with Crippen molar-refractivity contribution in [2.24, 2.45) is 10.7 Å². The molecule has 1 aromatic carbocycles. The van der Waals surface area contributed by atoms with Crippen LogP contribution in [0.2, 0.25) is 0 Å². The van der Waals surface area contributed by atoms with Crippen LogP contribution in [0.3, 0.4) is 0 Å². The first kappa shape index (κ1) is 24.5. The molecule has 2 amide bonds. The van der Waals surface area contributed by atoms with Crippen LogP contribution in [0, 0.1) is 24.3 Å². The molecule has 2 N–H and O–H groups in total. The minimum Gasteiger partial charge on any atom is -0.426 e. The number of hydrogen-bond donors (Lipinski definition) is 1. The molecular weight excluding hydrogens is 382 g/mol. The van der Waals surface area contributed by atoms with Crippen LogP contribution < -0.4 is 10.5 Å². The van der Waals surface area contributed by atoms with Crippen LogP contribution in [0.15, 0.2) is 35.3 Å². The number of terminal acetylenes is 1. The predicted molar refractivity (Wildman–Crippen MR) is 115 cm³/mol. The molecule has 160 valence electrons. The minimum atomic E-state index is -0.149. The van der Waals surface area contributed by atoms with Crippen LogP contribution in [0.4, 0.5) is 0 Å². The van der Waals surface area contributed by atoms with E-state index in [4.69, 9.17) is 15.7 Å². The van der Waals surface area contributed by atoms with Crippen LogP contribution in [0.1, 0.15) is 38.5 Å². The second-order valence-corrected chi connectivity index (χ2v) is 6.68. The number of likely N-dealkylation sites (tertiary alicyclic amines) is 2. The van der Waals surface area contributed by atoms with E-state index in [2.05, 4.69) is 17.8 Å². The second kappa shape index (κ2) is 14.5. The lowest BCUT2D eigenvalue weighted by molar-refractivity contribution is -0.139. The van der Waals surface area contributed by atoms with E-state index in [9.17, 15) is 9.59 Å². The summed E-state index contributed by atoms with van der Waals surface area (Å²) in [6, 6.07) is 8.75. The molecule has 0 aromatic heterocycles. The van der Waals surface area contributed by atoms with Gasteiger partial charge in [-0.3, -0.25) is 9.59 Å². The molecule has 0 spiro atoms. The molecule has 2 aliphatic rings. The highest BCUT2D eigenvalue weighted by Crippen LogP contribution is 2.13. The van der Waals surface area contributed by atoms with Gasteiger partial charge in [-0.25, -0.2) is 0 Å². The van der Waals surface area contributed by atoms with E-state index >= 15 is 0 Å². The molecule has 0 atom stereocenters. The van der Waals surface area contributed by atoms with Crippen LogP contribution in [0.5, 0.6) is 5.75 Å². The Morgan fingerprint density at radius 2 is 1.73 bits per heavy atom. The Hall–Kier alpha value is -3.52. The molecule has 2 saturated heterocycles. The Labute approximate surface area is 178 Å². The van der Waals surface area contributed by atoms with Crippen molar-refractivity contribution in [1.29, 1.82) is 5.26 Å². The van der Waals surface area contributed by atoms with Crippen molar-refractivity contribution in [2.75, 3.05) is 26.2 Å². The smallest absolute Gasteiger partial charge is 0.302 e. The maximum atomic E-state index is 11.9. The van der Waals surface area contributed by atoms with Crippen molar-refractivity contribution >= 4 is 17.8 Å². The number of amides is 2. The molecule has 2 heterocycles. The lowest BCUT2D eigenvalue weighted by atomic mass is 10.2. The summed E-state index contributed by atoms with van der Waals surface area (Å²) in [6.45, 7) is 2.82. The average Bonchev–Trinajstić information content (AvgIpc) is 3.23. The van der Waals surface area contributed by atoms with Crippen molar-refractivity contribution in [3.8, 4) is 24.8 Å². The zero-order valence-electron chi connectivity index (χ0n) is 17.2. The van der Waals surface area contributed by atoms with Gasteiger partial charge < -0.3 is 20.3 Å². The van der Waals surface area contributed by atoms with E-state index in [0.29, 0.717) is 18.7 Å². The molecule has 30 heavy (non-hydrogen) atoms. The zero-order chi connectivity index (χ0) is 22.2. The highest BCUT2D eigenvalue weighted by Gasteiger charge is 2.23. The van der Waals surface area contributed by atoms with Gasteiger partial charge in [-0.2, -0.15) is 5.26 Å². The van der Waals surface area contributed by atoms with Gasteiger partial charge in [0.15, 0.2) is 0 Å². The summed E-state index contributed by atoms with van der Waals surface area (Å²) in [5.74, 6) is 0.854. The number of benzene rings is 1. The average molecular weight is 412 g/mol. The molecule has 0 saturated carbocycles. The molecule has 0 unspecified atom stereocenters. The van der Waals surface area contributed by atoms with E-state index in [1.165, 1.54) is 6.19 Å². The van der Waals surface area contributed by atoms with Gasteiger partial charge in [-0.1, -0.05) is 24.6 Å². The summed E-state index contributed by atoms with van der Waals surface area (Å²) in [7, 11) is 0. The number of rotatable bonds is 3. The second-order valence-electron chi connectivity index (χ2n) is 6.68. The lowest BCUT2D eigenvalue weighted by Crippen LogP contribution is -2.41. The van der Waals surface area contributed by atoms with Gasteiger partial charge in [0.05, 0.1) is 6.54 Å². The fourth-order valence-electron chi connectivity index (χ4n) is 3.12. The molecule has 8 nitrogen and oxygen atoms in total. The number of nitrogens with two attached hydrogens (primary N) is 1. The van der Waals surface area contributed by atoms with Crippen molar-refractivity contribution in [3.05, 3.63) is 30.3 Å². The Morgan fingerprint density at radius 1 is 1.10 bits per heavy atom. The molecule has 0 bridgehead atoms. The van der Waals surface area contributed by atoms with Gasteiger partial charge in [0.25, 0.3) is 0 Å². The molecule has 0 radical (unpaired) electrons. The van der Waals surface area contributed by atoms with E-state index in [0.717, 1.165) is 51.7 Å². The van der Waals surface area contributed by atoms with Crippen molar-refractivity contribution in [3.63, 3.8) is 0 Å². The number of aliphatic imine (C=N–C) groups is 1. The maximum Gasteiger partial charge on any atom is 0.302 e. The minimum absolute atomic E-state index is 0.132. The van der Waals surface area contributed by atoms with Gasteiger partial charge >= 0.3 is 6.02 Å². The van der Waals surface area contributed by atoms with Crippen LogP contribution in [-0.4, -0.2) is 53.8 Å². The first-order valence-corrected chi connectivity index (χ1v) is 9.94. The SMILES string of the molecule is C#C.N#CN=C(N)Oc1ccccc1.O=C(CN1CCCCCC1=O)N1CCCC1. The van der Waals surface area contributed by atoms with Gasteiger partial charge in [0.2, 0.25) is 18.0 Å². The quantitative estimate of drug-likeness (QED) is 0.354. The van der Waals surface area contributed by atoms with Gasteiger partial charge in [-0.05, 0) is 37.8 Å². The van der Waals surface area contributed by atoms with Crippen LogP contribution in [0.25, 0.3) is 0 Å². The summed E-state index contributed by atoms with van der Waals surface area (Å²) >= 11 is 0. The first-order chi connectivity index (χ1) is 14.6. The van der Waals surface area contributed by atoms with E-state index in [1.54, 1.807) is 29.2 Å². The third-order valence-corrected chi connectivity index (χ3v) is 4.58. The summed E-state index contributed by atoms with van der Waals surface area (Å²) in [5.41, 5.74) is 5.22. The van der Waals surface area contributed by atoms with Crippen LogP contribution >= 0.6 is 0 Å². The number of carbonyl (C=O) groups is 2. The van der Waals surface area contributed by atoms with Crippen molar-refractivity contribution in [1.82, 2.24) is 9.80 Å². The maximum absolute atomic E-state index is 11.9. The van der Waals surface area contributed by atoms with E-state index in [1.807, 2.05) is 11.0 Å². The van der Waals surface area contributed by atoms with Gasteiger partial charge in [-0.15, -0.1) is 17.8 Å². The Kier molecular flexibility index (Phi) is 11.8. The molecule has 1 aromatic rings. The third kappa shape index (κ3) is 9.11. The number of nitrogens with zero attached hydrogens (tertiary/aromatic N) is 4. The normalized spacial score (nSPS) is 16.2. The Bertz CT molecular complexity index is 749. The monoisotopic (exact) mass is 411 g/mol. The highest BCUT2D eigenvalue weighted by molar-refractivity contribution is 5.85. The highest BCUT2D eigenvalue weighted by atomic mass is 16.5. The molecular formula is C22H29N5O3. The van der Waals surface area contributed by atoms with Crippen LogP contribution in [-0.2, 0) is 9.59 Å². The zero-order valence-corrected chi connectivity index (χ0v) is 17.2. The number of carbonyl (C=O) groups excluding carboxylic acids is 2. The predicted octanol–water partition coefficient (Wildman–Crippen LogP) is 2.12. The van der Waals surface area contributed by atoms with Gasteiger partial charge in [0, 0.05) is 26.1 Å². The molecule has 2 aliphatic heterocycles. The fourth-order valence-corrected chi connectivity index (χ4v) is 3.12. The molecule has 2 fully saturated rings. The lowest BCUT2D eigenvalue weighted by Gasteiger charge is -2.23. The largest absolute Gasteiger partial charge is 0.426 e. The van der Waals surface area contributed by atoms with Gasteiger partial charge in [0.1, 0.15) is 5.75 Å². The standard InChI is InChI=1S/C12H20N2O2.C8H7N3O.C2H2/c15-11-6-2-1-3-9-14(11)10-12(16)13-7-4-5-8-13;9-6-11-8(10)12-7-4-2-1-3-5-7;1-2/h1-10H2;1-5H,(H2,10,11);1-2H. The summed E-state index contributed by atoms with van der Waals surface area (Å²) in [6.07, 6.45) is 15.5.